The third-order valence-corrected chi connectivity index (χ3v) is 4.64. The summed E-state index contributed by atoms with van der Waals surface area (Å²) in [7, 11) is -1.20. The second kappa shape index (κ2) is 11.7. The Morgan fingerprint density at radius 3 is 2.29 bits per heavy atom. The number of rotatable bonds is 8. The van der Waals surface area contributed by atoms with Crippen molar-refractivity contribution >= 4 is 39.8 Å². The van der Waals surface area contributed by atoms with Crippen LogP contribution >= 0.6 is 24.0 Å². The second-order valence-corrected chi connectivity index (χ2v) is 8.14. The number of benzene rings is 1. The normalized spacial score (nSPS) is 13.1. The average Bonchev–Trinajstić information content (AvgIpc) is 2.52. The highest BCUT2D eigenvalue weighted by Gasteiger charge is 2.09. The molecular formula is C17H30IN3O2S. The third-order valence-electron chi connectivity index (χ3n) is 3.67. The first kappa shape index (κ1) is 23.2. The summed E-state index contributed by atoms with van der Waals surface area (Å²) in [5, 5.41) is 6.48. The maximum Gasteiger partial charge on any atom is 0.191 e. The van der Waals surface area contributed by atoms with Crippen LogP contribution in [0.3, 0.4) is 0 Å². The SMILES string of the molecule is CCc1ccc(CCNC(=NC)NC(C)CCS(C)(=O)=O)cc1.I. The van der Waals surface area contributed by atoms with Crippen molar-refractivity contribution in [2.75, 3.05) is 25.6 Å². The molecule has 0 heterocycles. The monoisotopic (exact) mass is 467 g/mol. The van der Waals surface area contributed by atoms with Gasteiger partial charge in [-0.15, -0.1) is 24.0 Å². The van der Waals surface area contributed by atoms with Crippen LogP contribution < -0.4 is 10.6 Å². The summed E-state index contributed by atoms with van der Waals surface area (Å²) < 4.78 is 22.4. The Balaban J connectivity index is 0.00000529. The lowest BCUT2D eigenvalue weighted by atomic mass is 10.1. The summed E-state index contributed by atoms with van der Waals surface area (Å²) in [4.78, 5) is 4.18. The lowest BCUT2D eigenvalue weighted by Crippen LogP contribution is -2.43. The molecule has 1 aromatic rings. The predicted octanol–water partition coefficient (Wildman–Crippen LogP) is 2.40. The quantitative estimate of drug-likeness (QED) is 0.350. The van der Waals surface area contributed by atoms with Gasteiger partial charge in [-0.2, -0.15) is 0 Å². The van der Waals surface area contributed by atoms with Gasteiger partial charge in [0.05, 0.1) is 5.75 Å². The van der Waals surface area contributed by atoms with E-state index >= 15 is 0 Å². The number of hydrogen-bond acceptors (Lipinski definition) is 3. The first-order valence-electron chi connectivity index (χ1n) is 8.06. The summed E-state index contributed by atoms with van der Waals surface area (Å²) in [6.45, 7) is 4.89. The molecule has 138 valence electrons. The number of aliphatic imine (C=N–C) groups is 1. The molecule has 2 N–H and O–H groups in total. The van der Waals surface area contributed by atoms with E-state index in [1.54, 1.807) is 7.05 Å². The fraction of sp³-hybridized carbons (Fsp3) is 0.588. The van der Waals surface area contributed by atoms with Crippen LogP contribution in [0.5, 0.6) is 0 Å². The van der Waals surface area contributed by atoms with Gasteiger partial charge in [0.25, 0.3) is 0 Å². The molecule has 1 unspecified atom stereocenters. The molecule has 0 amide bonds. The van der Waals surface area contributed by atoms with Crippen LogP contribution in [-0.4, -0.2) is 46.0 Å². The summed E-state index contributed by atoms with van der Waals surface area (Å²) in [6.07, 6.45) is 3.80. The molecule has 0 fully saturated rings. The van der Waals surface area contributed by atoms with Gasteiger partial charge in [-0.1, -0.05) is 31.2 Å². The molecule has 0 bridgehead atoms. The highest BCUT2D eigenvalue weighted by Crippen LogP contribution is 2.05. The molecule has 7 heteroatoms. The van der Waals surface area contributed by atoms with E-state index in [0.29, 0.717) is 12.4 Å². The van der Waals surface area contributed by atoms with E-state index in [1.807, 2.05) is 6.92 Å². The molecule has 0 radical (unpaired) electrons. The van der Waals surface area contributed by atoms with Crippen LogP contribution in [0.4, 0.5) is 0 Å². The highest BCUT2D eigenvalue weighted by molar-refractivity contribution is 14.0. The number of sulfone groups is 1. The summed E-state index contributed by atoms with van der Waals surface area (Å²) in [5.74, 6) is 0.887. The molecule has 0 aromatic heterocycles. The number of guanidine groups is 1. The Morgan fingerprint density at radius 2 is 1.79 bits per heavy atom. The van der Waals surface area contributed by atoms with Gasteiger partial charge < -0.3 is 10.6 Å². The zero-order valence-corrected chi connectivity index (χ0v) is 18.1. The summed E-state index contributed by atoms with van der Waals surface area (Å²) >= 11 is 0. The van der Waals surface area contributed by atoms with E-state index < -0.39 is 9.84 Å². The van der Waals surface area contributed by atoms with Crippen molar-refractivity contribution in [3.05, 3.63) is 35.4 Å². The van der Waals surface area contributed by atoms with Crippen LogP contribution in [0.1, 0.15) is 31.4 Å². The Morgan fingerprint density at radius 1 is 1.21 bits per heavy atom. The minimum atomic E-state index is -2.92. The molecule has 0 saturated heterocycles. The van der Waals surface area contributed by atoms with E-state index in [-0.39, 0.29) is 35.8 Å². The predicted molar refractivity (Wildman–Crippen MR) is 113 cm³/mol. The fourth-order valence-electron chi connectivity index (χ4n) is 2.16. The van der Waals surface area contributed by atoms with E-state index in [0.717, 1.165) is 19.4 Å². The largest absolute Gasteiger partial charge is 0.356 e. The van der Waals surface area contributed by atoms with Gasteiger partial charge in [-0.3, -0.25) is 4.99 Å². The first-order chi connectivity index (χ1) is 10.8. The van der Waals surface area contributed by atoms with Crippen LogP contribution in [0, 0.1) is 0 Å². The molecule has 0 aliphatic rings. The summed E-state index contributed by atoms with van der Waals surface area (Å²) in [6, 6.07) is 8.70. The number of halogens is 1. The molecule has 1 aromatic carbocycles. The van der Waals surface area contributed by atoms with Crippen LogP contribution in [0.15, 0.2) is 29.3 Å². The number of nitrogens with one attached hydrogen (secondary N) is 2. The Labute approximate surface area is 163 Å². The van der Waals surface area contributed by atoms with Gasteiger partial charge in [-0.25, -0.2) is 8.42 Å². The van der Waals surface area contributed by atoms with Crippen molar-refractivity contribution < 1.29 is 8.42 Å². The topological polar surface area (TPSA) is 70.6 Å². The zero-order valence-electron chi connectivity index (χ0n) is 15.0. The van der Waals surface area contributed by atoms with Gasteiger partial charge >= 0.3 is 0 Å². The van der Waals surface area contributed by atoms with E-state index in [2.05, 4.69) is 46.8 Å². The fourth-order valence-corrected chi connectivity index (χ4v) is 2.94. The minimum absolute atomic E-state index is 0. The second-order valence-electron chi connectivity index (χ2n) is 5.88. The van der Waals surface area contributed by atoms with Crippen LogP contribution in [0.2, 0.25) is 0 Å². The Hall–Kier alpha value is -0.830. The maximum absolute atomic E-state index is 11.2. The lowest BCUT2D eigenvalue weighted by Gasteiger charge is -2.17. The van der Waals surface area contributed by atoms with Crippen molar-refractivity contribution in [2.45, 2.75) is 39.2 Å². The molecule has 24 heavy (non-hydrogen) atoms. The van der Waals surface area contributed by atoms with Gasteiger partial charge in [0.1, 0.15) is 9.84 Å². The van der Waals surface area contributed by atoms with Gasteiger partial charge in [0, 0.05) is 25.9 Å². The van der Waals surface area contributed by atoms with E-state index in [1.165, 1.54) is 17.4 Å². The average molecular weight is 467 g/mol. The molecule has 1 atom stereocenters. The number of nitrogens with zero attached hydrogens (tertiary/aromatic N) is 1. The van der Waals surface area contributed by atoms with E-state index in [4.69, 9.17) is 0 Å². The number of hydrogen-bond donors (Lipinski definition) is 2. The first-order valence-corrected chi connectivity index (χ1v) is 10.1. The van der Waals surface area contributed by atoms with Gasteiger partial charge in [-0.05, 0) is 37.3 Å². The van der Waals surface area contributed by atoms with Crippen molar-refractivity contribution in [2.24, 2.45) is 4.99 Å². The molecule has 0 saturated carbocycles. The minimum Gasteiger partial charge on any atom is -0.356 e. The zero-order chi connectivity index (χ0) is 17.3. The number of aryl methyl sites for hydroxylation is 1. The third kappa shape index (κ3) is 10.1. The van der Waals surface area contributed by atoms with Crippen molar-refractivity contribution in [3.8, 4) is 0 Å². The van der Waals surface area contributed by atoms with E-state index in [9.17, 15) is 8.42 Å². The Kier molecular flexibility index (Phi) is 11.3. The van der Waals surface area contributed by atoms with Crippen molar-refractivity contribution in [3.63, 3.8) is 0 Å². The van der Waals surface area contributed by atoms with Gasteiger partial charge in [0.15, 0.2) is 5.96 Å². The van der Waals surface area contributed by atoms with Crippen molar-refractivity contribution in [1.29, 1.82) is 0 Å². The molecular weight excluding hydrogens is 437 g/mol. The van der Waals surface area contributed by atoms with Gasteiger partial charge in [0.2, 0.25) is 0 Å². The summed E-state index contributed by atoms with van der Waals surface area (Å²) in [5.41, 5.74) is 2.63. The molecule has 5 nitrogen and oxygen atoms in total. The smallest absolute Gasteiger partial charge is 0.191 e. The van der Waals surface area contributed by atoms with Crippen molar-refractivity contribution in [1.82, 2.24) is 10.6 Å². The van der Waals surface area contributed by atoms with Crippen LogP contribution in [-0.2, 0) is 22.7 Å². The molecule has 0 aliphatic heterocycles. The Bertz CT molecular complexity index is 601. The standard InChI is InChI=1S/C17H29N3O2S.HI/c1-5-15-6-8-16(9-7-15)10-12-19-17(18-3)20-14(2)11-13-23(4,21)22;/h6-9,14H,5,10-13H2,1-4H3,(H2,18,19,20);1H. The molecule has 1 rings (SSSR count). The lowest BCUT2D eigenvalue weighted by molar-refractivity contribution is 0.581. The molecule has 0 aliphatic carbocycles. The maximum atomic E-state index is 11.2. The highest BCUT2D eigenvalue weighted by atomic mass is 127. The molecule has 0 spiro atoms. The van der Waals surface area contributed by atoms with Crippen LogP contribution in [0.25, 0.3) is 0 Å².